The van der Waals surface area contributed by atoms with E-state index < -0.39 is 20.0 Å². The minimum absolute atomic E-state index is 0.195. The van der Waals surface area contributed by atoms with Crippen molar-refractivity contribution in [3.05, 3.63) is 110 Å². The number of likely N-dealkylation sites (tertiary alicyclic amines) is 2. The Balaban J connectivity index is 0.000000178. The molecule has 4 saturated heterocycles. The summed E-state index contributed by atoms with van der Waals surface area (Å²) in [6.07, 6.45) is 23.8. The highest BCUT2D eigenvalue weighted by Gasteiger charge is 2.34. The Hall–Kier alpha value is -6.13. The molecule has 4 aliphatic rings. The number of terminal acetylenes is 2. The number of fused-ring (bicyclic) bond motifs is 2. The minimum Gasteiger partial charge on any atom is -0.355 e. The van der Waals surface area contributed by atoms with Gasteiger partial charge in [-0.05, 0) is 108 Å². The number of sulfonamides is 2. The number of carbonyl (C=O) groups is 2. The topological polar surface area (TPSA) is 209 Å². The van der Waals surface area contributed by atoms with Gasteiger partial charge in [0.2, 0.25) is 20.0 Å². The number of aromatic nitrogens is 6. The van der Waals surface area contributed by atoms with Gasteiger partial charge in [0.25, 0.3) is 11.8 Å². The minimum atomic E-state index is -3.58. The zero-order valence-corrected chi connectivity index (χ0v) is 46.0. The van der Waals surface area contributed by atoms with Gasteiger partial charge >= 0.3 is 0 Å². The van der Waals surface area contributed by atoms with Crippen LogP contribution in [0.3, 0.4) is 0 Å². The summed E-state index contributed by atoms with van der Waals surface area (Å²) in [5, 5.41) is 13.7. The molecule has 0 bridgehead atoms. The van der Waals surface area contributed by atoms with Gasteiger partial charge in [-0.1, -0.05) is 34.8 Å². The number of anilines is 3. The van der Waals surface area contributed by atoms with Crippen LogP contribution in [-0.4, -0.2) is 119 Å². The third-order valence-electron chi connectivity index (χ3n) is 13.5. The van der Waals surface area contributed by atoms with Crippen LogP contribution in [-0.2, 0) is 20.0 Å². The maximum absolute atomic E-state index is 13.8. The van der Waals surface area contributed by atoms with Crippen molar-refractivity contribution in [3.8, 4) is 24.7 Å². The molecular weight excluding hydrogens is 1060 g/mol. The highest BCUT2D eigenvalue weighted by atomic mass is 35.5. The average molecular weight is 1120 g/mol. The van der Waals surface area contributed by atoms with Crippen LogP contribution in [0.2, 0.25) is 15.2 Å². The van der Waals surface area contributed by atoms with Crippen LogP contribution in [0.15, 0.2) is 60.9 Å². The predicted molar refractivity (Wildman–Crippen MR) is 295 cm³/mol. The van der Waals surface area contributed by atoms with E-state index in [4.69, 9.17) is 57.7 Å². The van der Waals surface area contributed by atoms with Gasteiger partial charge in [-0.3, -0.25) is 19.0 Å². The van der Waals surface area contributed by atoms with E-state index >= 15 is 0 Å². The van der Waals surface area contributed by atoms with E-state index in [1.54, 1.807) is 37.2 Å². The van der Waals surface area contributed by atoms with Crippen molar-refractivity contribution in [3.63, 3.8) is 0 Å². The second-order valence-electron chi connectivity index (χ2n) is 19.3. The lowest BCUT2D eigenvalue weighted by atomic mass is 9.98. The molecule has 18 nitrogen and oxygen atoms in total. The molecule has 10 rings (SSSR count). The Kier molecular flexibility index (Phi) is 17.2. The number of hydrogen-bond donors (Lipinski definition) is 3. The fraction of sp³-hybridized carbons (Fsp3) is 0.423. The lowest BCUT2D eigenvalue weighted by Gasteiger charge is -2.35. The Bertz CT molecular complexity index is 3400. The van der Waals surface area contributed by atoms with Crippen molar-refractivity contribution >= 4 is 95.2 Å². The number of carbonyl (C=O) groups excluding carboxylic acids is 2. The Morgan fingerprint density at radius 2 is 1.17 bits per heavy atom. The molecule has 0 aliphatic carbocycles. The maximum Gasteiger partial charge on any atom is 0.256 e. The fourth-order valence-corrected chi connectivity index (χ4v) is 11.4. The van der Waals surface area contributed by atoms with Gasteiger partial charge < -0.3 is 20.0 Å². The number of hydrogen-bond acceptors (Lipinski definition) is 12. The molecule has 0 spiro atoms. The molecular formula is C52H59Cl3N12O6S2. The van der Waals surface area contributed by atoms with E-state index in [1.807, 2.05) is 32.2 Å². The first-order valence-corrected chi connectivity index (χ1v) is 29.5. The summed E-state index contributed by atoms with van der Waals surface area (Å²) >= 11 is 18.5. The Labute approximate surface area is 453 Å². The summed E-state index contributed by atoms with van der Waals surface area (Å²) < 4.78 is 55.6. The molecule has 4 atom stereocenters. The third-order valence-corrected chi connectivity index (χ3v) is 15.5. The van der Waals surface area contributed by atoms with Gasteiger partial charge in [-0.25, -0.2) is 35.8 Å². The van der Waals surface area contributed by atoms with E-state index in [-0.39, 0.29) is 52.3 Å². The first-order valence-electron chi connectivity index (χ1n) is 24.6. The largest absolute Gasteiger partial charge is 0.355 e. The van der Waals surface area contributed by atoms with Gasteiger partial charge in [-0.2, -0.15) is 10.2 Å². The third kappa shape index (κ3) is 13.5. The van der Waals surface area contributed by atoms with Crippen LogP contribution in [0.25, 0.3) is 11.3 Å². The molecule has 4 fully saturated rings. The standard InChI is InChI=1S/C26H29ClN6O3S.C20H21Cl2N5O3S.C6H9N/c1-4-18-10-12-31(16-18)25-17(2)15-33-24(28-25)14-22(29-33)23-7-5-6-11-32(23)26(34)20-13-19(27)8-9-21(20)30-37(3,35)36;1-12-11-27-18(23-19(12)22)10-16(24-27)17-5-3-4-8-26(17)20(28)14-9-13(21)6-7-15(14)25-31(2,29)30;1-2-6-3-4-7-5-6/h1,8-9,13-15,18,23,30H,5-7,10-12,16H2,2-3H3;6-7,9-11,17,25H,3-5,8H2,1-2H3;1,6-7H,3-5H2/t18?,23-;17-;/m00./s1. The number of nitrogens with zero attached hydrogens (tertiary/aromatic N) is 9. The predicted octanol–water partition coefficient (Wildman–Crippen LogP) is 8.20. The smallest absolute Gasteiger partial charge is 0.256 e. The van der Waals surface area contributed by atoms with Crippen molar-refractivity contribution in [2.75, 3.05) is 66.1 Å². The lowest BCUT2D eigenvalue weighted by Crippen LogP contribution is -2.39. The van der Waals surface area contributed by atoms with Crippen molar-refractivity contribution in [1.82, 2.24) is 44.3 Å². The first kappa shape index (κ1) is 55.1. The maximum atomic E-state index is 13.8. The highest BCUT2D eigenvalue weighted by molar-refractivity contribution is 7.92. The molecule has 23 heteroatoms. The second-order valence-corrected chi connectivity index (χ2v) is 24.0. The second kappa shape index (κ2) is 23.4. The van der Waals surface area contributed by atoms with Crippen LogP contribution in [0.5, 0.6) is 0 Å². The van der Waals surface area contributed by atoms with Crippen LogP contribution in [0.4, 0.5) is 17.2 Å². The van der Waals surface area contributed by atoms with Gasteiger partial charge in [0.1, 0.15) is 11.0 Å². The quantitative estimate of drug-likeness (QED) is 0.0925. The molecule has 2 unspecified atom stereocenters. The first-order chi connectivity index (χ1) is 35.7. The van der Waals surface area contributed by atoms with Crippen LogP contribution >= 0.6 is 34.8 Å². The van der Waals surface area contributed by atoms with Crippen molar-refractivity contribution in [1.29, 1.82) is 0 Å². The lowest BCUT2D eigenvalue weighted by molar-refractivity contribution is 0.0600. The summed E-state index contributed by atoms with van der Waals surface area (Å²) in [4.78, 5) is 42.2. The molecule has 3 N–H and O–H groups in total. The van der Waals surface area contributed by atoms with Gasteiger partial charge in [0, 0.05) is 90.3 Å². The molecule has 2 aromatic carbocycles. The van der Waals surface area contributed by atoms with Gasteiger partial charge in [-0.15, -0.1) is 24.7 Å². The number of nitrogens with one attached hydrogen (secondary N) is 3. The van der Waals surface area contributed by atoms with Gasteiger partial charge in [0.05, 0.1) is 58.5 Å². The summed E-state index contributed by atoms with van der Waals surface area (Å²) in [6, 6.07) is 12.3. The van der Waals surface area contributed by atoms with E-state index in [0.29, 0.717) is 51.2 Å². The number of rotatable bonds is 9. The molecule has 4 aromatic heterocycles. The van der Waals surface area contributed by atoms with Crippen molar-refractivity contribution in [2.24, 2.45) is 11.8 Å². The van der Waals surface area contributed by atoms with Crippen molar-refractivity contribution in [2.45, 2.75) is 77.3 Å². The zero-order chi connectivity index (χ0) is 53.8. The normalized spacial score (nSPS) is 19.9. The molecule has 0 saturated carbocycles. The number of aryl methyl sites for hydroxylation is 2. The number of halogens is 3. The summed E-state index contributed by atoms with van der Waals surface area (Å²) in [5.41, 5.74) is 5.39. The average Bonchev–Trinajstić information content (AvgIpc) is 4.22. The van der Waals surface area contributed by atoms with Gasteiger partial charge in [0.15, 0.2) is 11.3 Å². The highest BCUT2D eigenvalue weighted by Crippen LogP contribution is 2.37. The van der Waals surface area contributed by atoms with Crippen LogP contribution < -0.4 is 19.7 Å². The number of piperidine rings is 2. The van der Waals surface area contributed by atoms with Crippen LogP contribution in [0.1, 0.15) is 107 Å². The SMILES string of the molecule is C#CC1CCN(c2nc3cc([C@@H]4CCCCN4C(=O)c4cc(Cl)ccc4NS(C)(=O)=O)nn3cc2C)C1.C#CC1CCNC1.Cc1cn2nc([C@@H]3CCCCN3C(=O)c3cc(Cl)ccc3NS(C)(=O)=O)cc2nc1Cl. The Morgan fingerprint density at radius 1 is 0.667 bits per heavy atom. The molecule has 8 heterocycles. The molecule has 4 aliphatic heterocycles. The molecule has 75 heavy (non-hydrogen) atoms. The monoisotopic (exact) mass is 1120 g/mol. The summed E-state index contributed by atoms with van der Waals surface area (Å²) in [6.45, 7) is 8.70. The molecule has 0 radical (unpaired) electrons. The zero-order valence-electron chi connectivity index (χ0n) is 42.1. The summed E-state index contributed by atoms with van der Waals surface area (Å²) in [5.74, 6) is 6.60. The number of benzene rings is 2. The van der Waals surface area contributed by atoms with E-state index in [2.05, 4.69) is 41.6 Å². The molecule has 2 amide bonds. The van der Waals surface area contributed by atoms with E-state index in [0.717, 1.165) is 113 Å². The summed E-state index contributed by atoms with van der Waals surface area (Å²) in [7, 11) is -7.15. The molecule has 396 valence electrons. The number of amides is 2. The Morgan fingerprint density at radius 3 is 1.63 bits per heavy atom. The fourth-order valence-electron chi connectivity index (χ4n) is 9.80. The van der Waals surface area contributed by atoms with E-state index in [1.165, 1.54) is 24.3 Å². The van der Waals surface area contributed by atoms with E-state index in [9.17, 15) is 26.4 Å². The molecule has 6 aromatic rings. The van der Waals surface area contributed by atoms with Crippen LogP contribution in [0, 0.1) is 50.4 Å². The van der Waals surface area contributed by atoms with Crippen molar-refractivity contribution < 1.29 is 26.4 Å².